The molecule has 24 heavy (non-hydrogen) atoms. The quantitative estimate of drug-likeness (QED) is 0.563. The molecule has 2 N–H and O–H groups in total. The first-order valence-corrected chi connectivity index (χ1v) is 7.98. The van der Waals surface area contributed by atoms with E-state index in [1.54, 1.807) is 18.2 Å². The molecular formula is C17H13BrClN3O2. The largest absolute Gasteiger partial charge is 0.495 e. The van der Waals surface area contributed by atoms with Crippen LogP contribution >= 0.6 is 27.5 Å². The van der Waals surface area contributed by atoms with Crippen molar-refractivity contribution in [3.63, 3.8) is 0 Å². The van der Waals surface area contributed by atoms with Gasteiger partial charge >= 0.3 is 0 Å². The third-order valence-electron chi connectivity index (χ3n) is 3.02. The van der Waals surface area contributed by atoms with E-state index in [2.05, 4.69) is 26.6 Å². The van der Waals surface area contributed by atoms with Gasteiger partial charge < -0.3 is 15.4 Å². The van der Waals surface area contributed by atoms with Crippen molar-refractivity contribution in [3.8, 4) is 11.8 Å². The fourth-order valence-electron chi connectivity index (χ4n) is 1.84. The van der Waals surface area contributed by atoms with Crippen LogP contribution in [-0.4, -0.2) is 13.0 Å². The predicted molar refractivity (Wildman–Crippen MR) is 98.1 cm³/mol. The molecule has 1 amide bonds. The Balaban J connectivity index is 2.18. The average molecular weight is 407 g/mol. The molecule has 0 unspecified atom stereocenters. The molecule has 0 saturated carbocycles. The minimum atomic E-state index is -0.572. The summed E-state index contributed by atoms with van der Waals surface area (Å²) in [6, 6.07) is 14.0. The second-order valence-electron chi connectivity index (χ2n) is 4.59. The van der Waals surface area contributed by atoms with Gasteiger partial charge in [0.15, 0.2) is 0 Å². The Hall–Kier alpha value is -2.49. The van der Waals surface area contributed by atoms with Crippen LogP contribution in [0, 0.1) is 11.3 Å². The van der Waals surface area contributed by atoms with Crippen molar-refractivity contribution in [2.24, 2.45) is 0 Å². The van der Waals surface area contributed by atoms with Crippen molar-refractivity contribution in [2.45, 2.75) is 0 Å². The standard InChI is InChI=1S/C17H13BrClN3O2/c1-24-16-7-6-12(19)8-15(16)22-17(23)11(9-20)10-21-14-5-3-2-4-13(14)18/h2-8,10,21H,1H3,(H,22,23)/b11-10-. The number of amides is 1. The highest BCUT2D eigenvalue weighted by Gasteiger charge is 2.13. The first-order chi connectivity index (χ1) is 11.5. The number of rotatable bonds is 5. The van der Waals surface area contributed by atoms with Crippen LogP contribution in [0.2, 0.25) is 5.02 Å². The fraction of sp³-hybridized carbons (Fsp3) is 0.0588. The highest BCUT2D eigenvalue weighted by Crippen LogP contribution is 2.28. The summed E-state index contributed by atoms with van der Waals surface area (Å²) in [5.41, 5.74) is 1.03. The van der Waals surface area contributed by atoms with Gasteiger partial charge in [0.05, 0.1) is 18.5 Å². The van der Waals surface area contributed by atoms with E-state index < -0.39 is 5.91 Å². The maximum atomic E-state index is 12.3. The number of anilines is 2. The molecule has 0 atom stereocenters. The Morgan fingerprint density at radius 3 is 2.71 bits per heavy atom. The lowest BCUT2D eigenvalue weighted by Gasteiger charge is -2.10. The summed E-state index contributed by atoms with van der Waals surface area (Å²) in [6.45, 7) is 0. The molecule has 0 aliphatic rings. The topological polar surface area (TPSA) is 74.1 Å². The summed E-state index contributed by atoms with van der Waals surface area (Å²) in [7, 11) is 1.48. The molecule has 5 nitrogen and oxygen atoms in total. The molecule has 0 aliphatic heterocycles. The number of halogens is 2. The third kappa shape index (κ3) is 4.51. The van der Waals surface area contributed by atoms with Gasteiger partial charge in [0, 0.05) is 15.7 Å². The van der Waals surface area contributed by atoms with Crippen molar-refractivity contribution in [2.75, 3.05) is 17.7 Å². The van der Waals surface area contributed by atoms with Gasteiger partial charge in [-0.05, 0) is 46.3 Å². The molecule has 0 saturated heterocycles. The zero-order chi connectivity index (χ0) is 17.5. The summed E-state index contributed by atoms with van der Waals surface area (Å²) in [5, 5.41) is 15.2. The van der Waals surface area contributed by atoms with Crippen molar-refractivity contribution < 1.29 is 9.53 Å². The van der Waals surface area contributed by atoms with E-state index in [0.717, 1.165) is 10.2 Å². The molecule has 2 aromatic rings. The van der Waals surface area contributed by atoms with E-state index in [-0.39, 0.29) is 5.57 Å². The predicted octanol–water partition coefficient (Wildman–Crippen LogP) is 4.57. The number of carbonyl (C=O) groups excluding carboxylic acids is 1. The number of nitrogens with one attached hydrogen (secondary N) is 2. The maximum absolute atomic E-state index is 12.3. The Kier molecular flexibility index (Phi) is 6.24. The Labute approximate surface area is 153 Å². The third-order valence-corrected chi connectivity index (χ3v) is 3.95. The van der Waals surface area contributed by atoms with Gasteiger partial charge in [0.1, 0.15) is 17.4 Å². The van der Waals surface area contributed by atoms with Crippen molar-refractivity contribution >= 4 is 44.8 Å². The smallest absolute Gasteiger partial charge is 0.267 e. The van der Waals surface area contributed by atoms with Gasteiger partial charge in [-0.2, -0.15) is 5.26 Å². The minimum absolute atomic E-state index is 0.0900. The monoisotopic (exact) mass is 405 g/mol. The van der Waals surface area contributed by atoms with Crippen LogP contribution in [0.4, 0.5) is 11.4 Å². The van der Waals surface area contributed by atoms with Crippen LogP contribution in [0.1, 0.15) is 0 Å². The number of para-hydroxylation sites is 1. The summed E-state index contributed by atoms with van der Waals surface area (Å²) in [4.78, 5) is 12.3. The molecule has 0 aliphatic carbocycles. The van der Waals surface area contributed by atoms with Crippen LogP contribution < -0.4 is 15.4 Å². The van der Waals surface area contributed by atoms with E-state index in [0.29, 0.717) is 16.5 Å². The van der Waals surface area contributed by atoms with E-state index >= 15 is 0 Å². The Morgan fingerprint density at radius 1 is 1.29 bits per heavy atom. The van der Waals surface area contributed by atoms with E-state index in [4.69, 9.17) is 16.3 Å². The SMILES string of the molecule is COc1ccc(Cl)cc1NC(=O)/C(C#N)=C\Nc1ccccc1Br. The number of methoxy groups -OCH3 is 1. The van der Waals surface area contributed by atoms with Crippen molar-refractivity contribution in [3.05, 3.63) is 63.7 Å². The van der Waals surface area contributed by atoms with Gasteiger partial charge in [-0.15, -0.1) is 0 Å². The summed E-state index contributed by atoms with van der Waals surface area (Å²) >= 11 is 9.30. The van der Waals surface area contributed by atoms with E-state index in [1.165, 1.54) is 13.3 Å². The lowest BCUT2D eigenvalue weighted by molar-refractivity contribution is -0.112. The number of ether oxygens (including phenoxy) is 1. The van der Waals surface area contributed by atoms with Gasteiger partial charge in [0.2, 0.25) is 0 Å². The Morgan fingerprint density at radius 2 is 2.04 bits per heavy atom. The molecule has 2 aromatic carbocycles. The first kappa shape index (κ1) is 17.9. The summed E-state index contributed by atoms with van der Waals surface area (Å²) < 4.78 is 5.98. The van der Waals surface area contributed by atoms with Crippen molar-refractivity contribution in [1.82, 2.24) is 0 Å². The van der Waals surface area contributed by atoms with Gasteiger partial charge in [-0.1, -0.05) is 23.7 Å². The second kappa shape index (κ2) is 8.39. The summed E-state index contributed by atoms with van der Waals surface area (Å²) in [6.07, 6.45) is 1.34. The number of benzene rings is 2. The van der Waals surface area contributed by atoms with Gasteiger partial charge in [0.25, 0.3) is 5.91 Å². The highest BCUT2D eigenvalue weighted by atomic mass is 79.9. The van der Waals surface area contributed by atoms with E-state index in [1.807, 2.05) is 30.3 Å². The van der Waals surface area contributed by atoms with Crippen LogP contribution in [0.15, 0.2) is 58.7 Å². The van der Waals surface area contributed by atoms with Gasteiger partial charge in [-0.25, -0.2) is 0 Å². The Bertz CT molecular complexity index is 831. The normalized spacial score (nSPS) is 10.7. The molecule has 0 radical (unpaired) electrons. The molecular weight excluding hydrogens is 394 g/mol. The molecule has 0 fully saturated rings. The molecule has 122 valence electrons. The van der Waals surface area contributed by atoms with Crippen molar-refractivity contribution in [1.29, 1.82) is 5.26 Å². The first-order valence-electron chi connectivity index (χ1n) is 6.81. The lowest BCUT2D eigenvalue weighted by Crippen LogP contribution is -2.15. The zero-order valence-electron chi connectivity index (χ0n) is 12.6. The molecule has 0 spiro atoms. The van der Waals surface area contributed by atoms with E-state index in [9.17, 15) is 10.1 Å². The number of hydrogen-bond donors (Lipinski definition) is 2. The maximum Gasteiger partial charge on any atom is 0.267 e. The van der Waals surface area contributed by atoms with Gasteiger partial charge in [-0.3, -0.25) is 4.79 Å². The minimum Gasteiger partial charge on any atom is -0.495 e. The second-order valence-corrected chi connectivity index (χ2v) is 5.88. The molecule has 0 bridgehead atoms. The van der Waals surface area contributed by atoms with Crippen LogP contribution in [0.3, 0.4) is 0 Å². The van der Waals surface area contributed by atoms with Crippen LogP contribution in [-0.2, 0) is 4.79 Å². The average Bonchev–Trinajstić information content (AvgIpc) is 2.57. The highest BCUT2D eigenvalue weighted by molar-refractivity contribution is 9.10. The molecule has 2 rings (SSSR count). The fourth-order valence-corrected chi connectivity index (χ4v) is 2.42. The van der Waals surface area contributed by atoms with Crippen LogP contribution in [0.5, 0.6) is 5.75 Å². The lowest BCUT2D eigenvalue weighted by atomic mass is 10.2. The number of carbonyl (C=O) groups is 1. The number of nitriles is 1. The zero-order valence-corrected chi connectivity index (χ0v) is 15.0. The summed E-state index contributed by atoms with van der Waals surface area (Å²) in [5.74, 6) is -0.124. The molecule has 0 aromatic heterocycles. The number of hydrogen-bond acceptors (Lipinski definition) is 4. The van der Waals surface area contributed by atoms with Crippen LogP contribution in [0.25, 0.3) is 0 Å². The molecule has 0 heterocycles. The molecule has 7 heteroatoms. The number of nitrogens with zero attached hydrogens (tertiary/aromatic N) is 1.